The topological polar surface area (TPSA) is 29.3 Å². The molecule has 0 amide bonds. The zero-order valence-electron chi connectivity index (χ0n) is 10.3. The highest BCUT2D eigenvalue weighted by atomic mass is 15.2. The van der Waals surface area contributed by atoms with E-state index in [-0.39, 0.29) is 5.54 Å². The molecule has 0 radical (unpaired) electrons. The lowest BCUT2D eigenvalue weighted by atomic mass is 9.76. The van der Waals surface area contributed by atoms with Crippen LogP contribution in [0.5, 0.6) is 0 Å². The monoisotopic (exact) mass is 210 g/mol. The molecule has 2 aliphatic rings. The van der Waals surface area contributed by atoms with Gasteiger partial charge in [0.2, 0.25) is 0 Å². The second kappa shape index (κ2) is 4.42. The smallest absolute Gasteiger partial charge is 0.0303 e. The number of hydrogen-bond acceptors (Lipinski definition) is 2. The maximum absolute atomic E-state index is 5.99. The van der Waals surface area contributed by atoms with Crippen LogP contribution in [0.25, 0.3) is 0 Å². The van der Waals surface area contributed by atoms with Gasteiger partial charge in [0.15, 0.2) is 0 Å². The molecule has 0 bridgehead atoms. The summed E-state index contributed by atoms with van der Waals surface area (Å²) in [5.41, 5.74) is 6.25. The first kappa shape index (κ1) is 11.4. The van der Waals surface area contributed by atoms with E-state index >= 15 is 0 Å². The Bertz CT molecular complexity index is 209. The van der Waals surface area contributed by atoms with Gasteiger partial charge in [-0.2, -0.15) is 0 Å². The van der Waals surface area contributed by atoms with Crippen LogP contribution < -0.4 is 5.73 Å². The Morgan fingerprint density at radius 2 is 1.87 bits per heavy atom. The zero-order chi connectivity index (χ0) is 10.9. The Hall–Kier alpha value is -0.0800. The van der Waals surface area contributed by atoms with Crippen molar-refractivity contribution in [1.82, 2.24) is 4.90 Å². The van der Waals surface area contributed by atoms with E-state index in [0.29, 0.717) is 0 Å². The van der Waals surface area contributed by atoms with E-state index in [2.05, 4.69) is 18.9 Å². The van der Waals surface area contributed by atoms with Gasteiger partial charge in [-0.15, -0.1) is 0 Å². The van der Waals surface area contributed by atoms with E-state index in [4.69, 9.17) is 5.73 Å². The highest BCUT2D eigenvalue weighted by Crippen LogP contribution is 2.37. The fourth-order valence-corrected chi connectivity index (χ4v) is 2.62. The minimum absolute atomic E-state index is 0.258. The maximum Gasteiger partial charge on any atom is 0.0303 e. The van der Waals surface area contributed by atoms with Gasteiger partial charge >= 0.3 is 0 Å². The van der Waals surface area contributed by atoms with Crippen LogP contribution in [0.3, 0.4) is 0 Å². The van der Waals surface area contributed by atoms with E-state index in [1.807, 2.05) is 0 Å². The molecule has 2 nitrogen and oxygen atoms in total. The van der Waals surface area contributed by atoms with Crippen molar-refractivity contribution in [2.24, 2.45) is 17.6 Å². The van der Waals surface area contributed by atoms with Crippen LogP contribution in [-0.4, -0.2) is 30.6 Å². The molecule has 2 rings (SSSR count). The Balaban J connectivity index is 1.85. The van der Waals surface area contributed by atoms with Gasteiger partial charge in [-0.1, -0.05) is 19.3 Å². The molecule has 0 heterocycles. The first-order valence-corrected chi connectivity index (χ1v) is 6.55. The molecule has 1 atom stereocenters. The van der Waals surface area contributed by atoms with Gasteiger partial charge in [-0.25, -0.2) is 0 Å². The molecule has 0 aromatic heterocycles. The van der Waals surface area contributed by atoms with Gasteiger partial charge in [0.1, 0.15) is 0 Å². The van der Waals surface area contributed by atoms with Gasteiger partial charge in [0.25, 0.3) is 0 Å². The molecule has 0 aliphatic heterocycles. The van der Waals surface area contributed by atoms with Crippen molar-refractivity contribution in [2.75, 3.05) is 20.1 Å². The fourth-order valence-electron chi connectivity index (χ4n) is 2.62. The molecule has 0 aromatic carbocycles. The second-order valence-electron chi connectivity index (χ2n) is 6.03. The number of nitrogens with two attached hydrogens (primary N) is 1. The predicted octanol–water partition coefficient (Wildman–Crippen LogP) is 2.24. The molecule has 0 aromatic rings. The van der Waals surface area contributed by atoms with Gasteiger partial charge in [0.05, 0.1) is 0 Å². The lowest BCUT2D eigenvalue weighted by Gasteiger charge is -2.43. The lowest BCUT2D eigenvalue weighted by Crippen LogP contribution is -2.52. The van der Waals surface area contributed by atoms with Crippen molar-refractivity contribution in [1.29, 1.82) is 0 Å². The summed E-state index contributed by atoms with van der Waals surface area (Å²) in [7, 11) is 2.27. The Morgan fingerprint density at radius 3 is 2.27 bits per heavy atom. The molecule has 0 spiro atoms. The van der Waals surface area contributed by atoms with Crippen molar-refractivity contribution in [3.05, 3.63) is 0 Å². The van der Waals surface area contributed by atoms with Crippen LogP contribution >= 0.6 is 0 Å². The number of likely N-dealkylation sites (N-methyl/N-ethyl adjacent to an activating group) is 1. The molecule has 15 heavy (non-hydrogen) atoms. The molecule has 2 fully saturated rings. The fraction of sp³-hybridized carbons (Fsp3) is 1.00. The minimum Gasteiger partial charge on any atom is -0.329 e. The molecule has 0 saturated heterocycles. The number of rotatable bonds is 6. The number of hydrogen-bond donors (Lipinski definition) is 1. The van der Waals surface area contributed by atoms with Crippen molar-refractivity contribution in [3.8, 4) is 0 Å². The normalized spacial score (nSPS) is 26.4. The lowest BCUT2D eigenvalue weighted by molar-refractivity contribution is 0.0878. The molecule has 2 heteroatoms. The average Bonchev–Trinajstić information content (AvgIpc) is 2.94. The predicted molar refractivity (Wildman–Crippen MR) is 64.8 cm³/mol. The molecular weight excluding hydrogens is 184 g/mol. The van der Waals surface area contributed by atoms with Crippen LogP contribution in [0.15, 0.2) is 0 Å². The van der Waals surface area contributed by atoms with E-state index in [1.54, 1.807) is 0 Å². The molecule has 1 unspecified atom stereocenters. The number of nitrogens with zero attached hydrogens (tertiary/aromatic N) is 1. The summed E-state index contributed by atoms with van der Waals surface area (Å²) in [6.45, 7) is 4.43. The third-order valence-electron chi connectivity index (χ3n) is 4.54. The van der Waals surface area contributed by atoms with Crippen molar-refractivity contribution in [2.45, 2.75) is 51.0 Å². The molecule has 88 valence electrons. The van der Waals surface area contributed by atoms with Gasteiger partial charge in [-0.05, 0) is 45.1 Å². The van der Waals surface area contributed by atoms with Crippen LogP contribution in [0.1, 0.15) is 45.4 Å². The van der Waals surface area contributed by atoms with E-state index < -0.39 is 0 Å². The third kappa shape index (κ3) is 2.73. The average molecular weight is 210 g/mol. The summed E-state index contributed by atoms with van der Waals surface area (Å²) < 4.78 is 0. The third-order valence-corrected chi connectivity index (χ3v) is 4.54. The Morgan fingerprint density at radius 1 is 1.20 bits per heavy atom. The van der Waals surface area contributed by atoms with Crippen molar-refractivity contribution in [3.63, 3.8) is 0 Å². The van der Waals surface area contributed by atoms with E-state index in [0.717, 1.165) is 18.4 Å². The standard InChI is InChI=1S/C13H26N2/c1-13(10-14,8-11-4-3-5-11)15(2)9-12-6-7-12/h11-12H,3-10,14H2,1-2H3. The van der Waals surface area contributed by atoms with Crippen LogP contribution in [0.2, 0.25) is 0 Å². The summed E-state index contributed by atoms with van der Waals surface area (Å²) in [4.78, 5) is 2.53. The van der Waals surface area contributed by atoms with Crippen LogP contribution in [-0.2, 0) is 0 Å². The second-order valence-corrected chi connectivity index (χ2v) is 6.03. The van der Waals surface area contributed by atoms with E-state index in [9.17, 15) is 0 Å². The molecular formula is C13H26N2. The minimum atomic E-state index is 0.258. The van der Waals surface area contributed by atoms with Crippen molar-refractivity contribution < 1.29 is 0 Å². The highest BCUT2D eigenvalue weighted by Gasteiger charge is 2.35. The summed E-state index contributed by atoms with van der Waals surface area (Å²) in [6.07, 6.45) is 8.51. The summed E-state index contributed by atoms with van der Waals surface area (Å²) >= 11 is 0. The van der Waals surface area contributed by atoms with Crippen LogP contribution in [0.4, 0.5) is 0 Å². The summed E-state index contributed by atoms with van der Waals surface area (Å²) in [5.74, 6) is 1.93. The largest absolute Gasteiger partial charge is 0.329 e. The van der Waals surface area contributed by atoms with E-state index in [1.165, 1.54) is 45.1 Å². The van der Waals surface area contributed by atoms with Crippen LogP contribution in [0, 0.1) is 11.8 Å². The quantitative estimate of drug-likeness (QED) is 0.728. The highest BCUT2D eigenvalue weighted by molar-refractivity contribution is 4.92. The maximum atomic E-state index is 5.99. The van der Waals surface area contributed by atoms with Gasteiger partial charge < -0.3 is 5.73 Å². The summed E-state index contributed by atoms with van der Waals surface area (Å²) in [5, 5.41) is 0. The molecule has 2 N–H and O–H groups in total. The van der Waals surface area contributed by atoms with Crippen molar-refractivity contribution >= 4 is 0 Å². The van der Waals surface area contributed by atoms with Gasteiger partial charge in [-0.3, -0.25) is 4.90 Å². The Kier molecular flexibility index (Phi) is 3.36. The van der Waals surface area contributed by atoms with Gasteiger partial charge in [0, 0.05) is 18.6 Å². The first-order chi connectivity index (χ1) is 7.14. The molecule has 2 aliphatic carbocycles. The molecule has 2 saturated carbocycles. The summed E-state index contributed by atoms with van der Waals surface area (Å²) in [6, 6.07) is 0. The zero-order valence-corrected chi connectivity index (χ0v) is 10.3. The first-order valence-electron chi connectivity index (χ1n) is 6.55. The SMILES string of the molecule is CN(CC1CC1)C(C)(CN)CC1CCC1. The Labute approximate surface area is 94.2 Å².